The Bertz CT molecular complexity index is 672. The molecule has 0 rings (SSSR count). The first-order valence-electron chi connectivity index (χ1n) is 7.73. The number of thiol groups is 1. The van der Waals surface area contributed by atoms with E-state index >= 15 is 0 Å². The molecule has 8 N–H and O–H groups in total. The number of rotatable bonds is 13. The van der Waals surface area contributed by atoms with Crippen LogP contribution >= 0.6 is 12.6 Å². The van der Waals surface area contributed by atoms with Crippen molar-refractivity contribution in [2.45, 2.75) is 24.9 Å². The molecule has 0 aromatic carbocycles. The van der Waals surface area contributed by atoms with E-state index in [1.165, 1.54) is 0 Å². The maximum atomic E-state index is 11.6. The predicted octanol–water partition coefficient (Wildman–Crippen LogP) is -3.06. The zero-order chi connectivity index (χ0) is 23.0. The lowest BCUT2D eigenvalue weighted by molar-refractivity contribution is -0.140. The summed E-state index contributed by atoms with van der Waals surface area (Å²) in [5.74, 6) is -4.40. The SMILES string of the molecule is NCCS(=O)(=O)O.O=NNC(CCC(=O)NC(CS)C(=O)NCC(=O)O)C(=O)O. The summed E-state index contributed by atoms with van der Waals surface area (Å²) in [4.78, 5) is 54.2. The number of hydrogen-bond donors (Lipinski definition) is 8. The van der Waals surface area contributed by atoms with Gasteiger partial charge in [0.25, 0.3) is 10.1 Å². The molecule has 168 valence electrons. The van der Waals surface area contributed by atoms with Gasteiger partial charge in [0.2, 0.25) is 11.8 Å². The van der Waals surface area contributed by atoms with Crippen LogP contribution in [0.25, 0.3) is 0 Å². The third-order valence-electron chi connectivity index (χ3n) is 2.79. The predicted molar refractivity (Wildman–Crippen MR) is 101 cm³/mol. The lowest BCUT2D eigenvalue weighted by Gasteiger charge is -2.16. The molecular weight excluding hydrogens is 438 g/mol. The topological polar surface area (TPSA) is 255 Å². The smallest absolute Gasteiger partial charge is 0.327 e. The molecule has 0 aliphatic rings. The van der Waals surface area contributed by atoms with Crippen LogP contribution in [0.3, 0.4) is 0 Å². The second-order valence-corrected chi connectivity index (χ2v) is 7.08. The van der Waals surface area contributed by atoms with Crippen molar-refractivity contribution in [2.75, 3.05) is 24.6 Å². The van der Waals surface area contributed by atoms with Crippen LogP contribution in [-0.2, 0) is 29.3 Å². The van der Waals surface area contributed by atoms with Crippen molar-refractivity contribution in [3.8, 4) is 0 Å². The average Bonchev–Trinajstić information content (AvgIpc) is 2.60. The van der Waals surface area contributed by atoms with Crippen molar-refractivity contribution in [3.63, 3.8) is 0 Å². The third kappa shape index (κ3) is 17.3. The van der Waals surface area contributed by atoms with Crippen LogP contribution in [0.4, 0.5) is 0 Å². The van der Waals surface area contributed by atoms with Gasteiger partial charge < -0.3 is 26.6 Å². The molecule has 0 saturated heterocycles. The second kappa shape index (κ2) is 15.4. The van der Waals surface area contributed by atoms with Crippen LogP contribution in [0.5, 0.6) is 0 Å². The molecule has 0 spiro atoms. The molecule has 0 bridgehead atoms. The molecule has 0 heterocycles. The normalized spacial score (nSPS) is 12.4. The number of nitrogens with two attached hydrogens (primary N) is 1. The summed E-state index contributed by atoms with van der Waals surface area (Å²) in [7, 11) is -3.80. The summed E-state index contributed by atoms with van der Waals surface area (Å²) in [6.45, 7) is -0.631. The highest BCUT2D eigenvalue weighted by atomic mass is 32.2. The number of carboxylic acids is 2. The largest absolute Gasteiger partial charge is 0.480 e. The highest BCUT2D eigenvalue weighted by Gasteiger charge is 2.22. The van der Waals surface area contributed by atoms with Gasteiger partial charge in [0.1, 0.15) is 18.6 Å². The van der Waals surface area contributed by atoms with E-state index in [-0.39, 0.29) is 30.9 Å². The summed E-state index contributed by atoms with van der Waals surface area (Å²) in [6.07, 6.45) is -0.501. The molecule has 0 radical (unpaired) electrons. The van der Waals surface area contributed by atoms with E-state index in [2.05, 4.69) is 28.5 Å². The van der Waals surface area contributed by atoms with Crippen LogP contribution in [-0.4, -0.2) is 83.6 Å². The number of nitroso groups, excluding NO2 is 1. The maximum absolute atomic E-state index is 11.6. The number of carbonyl (C=O) groups excluding carboxylic acids is 2. The van der Waals surface area contributed by atoms with Crippen molar-refractivity contribution in [1.29, 1.82) is 0 Å². The van der Waals surface area contributed by atoms with Gasteiger partial charge in [-0.15, -0.1) is 4.91 Å². The van der Waals surface area contributed by atoms with Crippen LogP contribution in [0.1, 0.15) is 12.8 Å². The van der Waals surface area contributed by atoms with E-state index in [0.29, 0.717) is 0 Å². The van der Waals surface area contributed by atoms with Gasteiger partial charge in [-0.1, -0.05) is 0 Å². The zero-order valence-corrected chi connectivity index (χ0v) is 16.7. The first kappa shape index (κ1) is 28.7. The van der Waals surface area contributed by atoms with Crippen LogP contribution in [0.15, 0.2) is 5.29 Å². The Morgan fingerprint density at radius 3 is 2.07 bits per heavy atom. The molecule has 15 nitrogen and oxygen atoms in total. The monoisotopic (exact) mass is 461 g/mol. The highest BCUT2D eigenvalue weighted by molar-refractivity contribution is 7.85. The zero-order valence-electron chi connectivity index (χ0n) is 15.0. The standard InChI is InChI=1S/C10H16N4O7S.C2H7NO3S/c15-7(2-1-5(10(19)20)13-14-21)12-6(4-22)9(18)11-3-8(16)17;3-1-2-7(4,5)6/h5-6,22H,1-4H2,(H,11,18)(H,12,15)(H,13,21)(H,16,17)(H,19,20);1-3H2,(H,4,5,6). The maximum Gasteiger partial charge on any atom is 0.327 e. The molecular formula is C12H23N5O10S2. The van der Waals surface area contributed by atoms with E-state index in [4.69, 9.17) is 20.5 Å². The Labute approximate surface area is 170 Å². The summed E-state index contributed by atoms with van der Waals surface area (Å²) in [5.41, 5.74) is 6.57. The number of nitrogens with one attached hydrogen (secondary N) is 3. The Morgan fingerprint density at radius 2 is 1.72 bits per heavy atom. The van der Waals surface area contributed by atoms with Gasteiger partial charge in [-0.3, -0.25) is 24.4 Å². The molecule has 29 heavy (non-hydrogen) atoms. The third-order valence-corrected chi connectivity index (χ3v) is 3.91. The minimum atomic E-state index is -3.80. The van der Waals surface area contributed by atoms with Crippen molar-refractivity contribution < 1.29 is 42.4 Å². The van der Waals surface area contributed by atoms with Crippen LogP contribution in [0, 0.1) is 4.91 Å². The molecule has 17 heteroatoms. The van der Waals surface area contributed by atoms with Crippen LogP contribution in [0.2, 0.25) is 0 Å². The minimum Gasteiger partial charge on any atom is -0.480 e. The quantitative estimate of drug-likeness (QED) is 0.0588. The summed E-state index contributed by atoms with van der Waals surface area (Å²) in [5, 5.41) is 23.7. The van der Waals surface area contributed by atoms with Gasteiger partial charge in [-0.25, -0.2) is 4.79 Å². The highest BCUT2D eigenvalue weighted by Crippen LogP contribution is 1.99. The Balaban J connectivity index is 0. The van der Waals surface area contributed by atoms with Crippen molar-refractivity contribution in [1.82, 2.24) is 16.1 Å². The van der Waals surface area contributed by atoms with Gasteiger partial charge in [0.05, 0.1) is 11.0 Å². The number of nitrogens with zero attached hydrogens (tertiary/aromatic N) is 1. The first-order chi connectivity index (χ1) is 13.4. The molecule has 0 fully saturated rings. The molecule has 2 unspecified atom stereocenters. The fourth-order valence-corrected chi connectivity index (χ4v) is 2.03. The van der Waals surface area contributed by atoms with Crippen molar-refractivity contribution in [2.24, 2.45) is 11.0 Å². The Morgan fingerprint density at radius 1 is 1.14 bits per heavy atom. The number of amides is 2. The van der Waals surface area contributed by atoms with Crippen LogP contribution < -0.4 is 21.8 Å². The fraction of sp³-hybridized carbons (Fsp3) is 0.667. The van der Waals surface area contributed by atoms with Gasteiger partial charge in [-0.2, -0.15) is 21.0 Å². The second-order valence-electron chi connectivity index (χ2n) is 5.14. The minimum absolute atomic E-state index is 0.0289. The summed E-state index contributed by atoms with van der Waals surface area (Å²) >= 11 is 3.86. The lowest BCUT2D eigenvalue weighted by atomic mass is 10.1. The van der Waals surface area contributed by atoms with E-state index < -0.39 is 52.5 Å². The lowest BCUT2D eigenvalue weighted by Crippen LogP contribution is -2.49. The van der Waals surface area contributed by atoms with E-state index in [0.717, 1.165) is 0 Å². The van der Waals surface area contributed by atoms with Gasteiger partial charge >= 0.3 is 11.9 Å². The Hall–Kier alpha value is -2.50. The molecule has 0 aliphatic heterocycles. The van der Waals surface area contributed by atoms with E-state index in [1.54, 1.807) is 5.43 Å². The number of aliphatic carboxylic acids is 2. The molecule has 0 saturated carbocycles. The summed E-state index contributed by atoms with van der Waals surface area (Å²) < 4.78 is 27.3. The van der Waals surface area contributed by atoms with E-state index in [9.17, 15) is 32.5 Å². The van der Waals surface area contributed by atoms with Gasteiger partial charge in [-0.05, 0) is 6.42 Å². The van der Waals surface area contributed by atoms with Crippen molar-refractivity contribution >= 4 is 46.5 Å². The number of carbonyl (C=O) groups is 4. The van der Waals surface area contributed by atoms with Gasteiger partial charge in [0, 0.05) is 18.7 Å². The number of carboxylic acid groups (broad SMARTS) is 2. The Kier molecular flexibility index (Phi) is 15.3. The summed E-state index contributed by atoms with van der Waals surface area (Å²) in [6, 6.07) is -2.38. The van der Waals surface area contributed by atoms with E-state index in [1.807, 2.05) is 0 Å². The molecule has 2 atom stereocenters. The molecule has 0 aliphatic carbocycles. The molecule has 0 aromatic heterocycles. The average molecular weight is 461 g/mol. The first-order valence-corrected chi connectivity index (χ1v) is 9.97. The molecule has 0 aromatic rings. The fourth-order valence-electron chi connectivity index (χ4n) is 1.48. The number of hydrogen-bond acceptors (Lipinski definition) is 10. The van der Waals surface area contributed by atoms with Gasteiger partial charge in [0.15, 0.2) is 0 Å². The molecule has 2 amide bonds. The van der Waals surface area contributed by atoms with Crippen molar-refractivity contribution in [3.05, 3.63) is 4.91 Å².